The lowest BCUT2D eigenvalue weighted by molar-refractivity contribution is -0.385. The first kappa shape index (κ1) is 14.0. The summed E-state index contributed by atoms with van der Waals surface area (Å²) in [4.78, 5) is 23.3. The molecule has 1 amide bonds. The highest BCUT2D eigenvalue weighted by atomic mass is 19.1. The Morgan fingerprint density at radius 2 is 2.22 bits per heavy atom. The van der Waals surface area contributed by atoms with Crippen molar-refractivity contribution in [2.75, 3.05) is 27.2 Å². The van der Waals surface area contributed by atoms with E-state index < -0.39 is 22.3 Å². The van der Waals surface area contributed by atoms with Crippen molar-refractivity contribution in [2.45, 2.75) is 0 Å². The molecule has 6 nitrogen and oxygen atoms in total. The van der Waals surface area contributed by atoms with Crippen molar-refractivity contribution < 1.29 is 14.1 Å². The number of nitrogens with zero attached hydrogens (tertiary/aromatic N) is 2. The molecule has 0 bridgehead atoms. The summed E-state index contributed by atoms with van der Waals surface area (Å²) in [6.45, 7) is 0.925. The summed E-state index contributed by atoms with van der Waals surface area (Å²) in [5.74, 6) is -1.25. The molecule has 0 aliphatic carbocycles. The van der Waals surface area contributed by atoms with E-state index in [0.29, 0.717) is 13.1 Å². The Labute approximate surface area is 104 Å². The summed E-state index contributed by atoms with van der Waals surface area (Å²) in [6, 6.07) is 2.84. The third-order valence-corrected chi connectivity index (χ3v) is 2.43. The smallest absolute Gasteiger partial charge is 0.282 e. The summed E-state index contributed by atoms with van der Waals surface area (Å²) in [5, 5.41) is 13.6. The van der Waals surface area contributed by atoms with Gasteiger partial charge in [0.15, 0.2) is 0 Å². The number of halogens is 1. The van der Waals surface area contributed by atoms with E-state index >= 15 is 0 Å². The minimum Gasteiger partial charge on any atom is -0.340 e. The topological polar surface area (TPSA) is 75.5 Å². The van der Waals surface area contributed by atoms with E-state index in [1.165, 1.54) is 11.9 Å². The first-order valence-electron chi connectivity index (χ1n) is 5.31. The lowest BCUT2D eigenvalue weighted by Crippen LogP contribution is -2.33. The van der Waals surface area contributed by atoms with E-state index in [4.69, 9.17) is 0 Å². The molecule has 1 N–H and O–H groups in total. The molecule has 7 heteroatoms. The molecule has 0 fully saturated rings. The fourth-order valence-corrected chi connectivity index (χ4v) is 1.43. The zero-order valence-electron chi connectivity index (χ0n) is 10.1. The predicted octanol–water partition coefficient (Wildman–Crippen LogP) is 1.03. The van der Waals surface area contributed by atoms with Crippen molar-refractivity contribution in [2.24, 2.45) is 0 Å². The predicted molar refractivity (Wildman–Crippen MR) is 63.9 cm³/mol. The Morgan fingerprint density at radius 3 is 2.78 bits per heavy atom. The van der Waals surface area contributed by atoms with E-state index in [9.17, 15) is 19.3 Å². The van der Waals surface area contributed by atoms with Gasteiger partial charge in [0.25, 0.3) is 11.6 Å². The van der Waals surface area contributed by atoms with Crippen LogP contribution in [0.15, 0.2) is 18.2 Å². The standard InChI is InChI=1S/C11H14FN3O3/c1-13-5-6-14(2)11(16)9-7-8(12)3-4-10(9)15(17)18/h3-4,7,13H,5-6H2,1-2H3. The average molecular weight is 255 g/mol. The van der Waals surface area contributed by atoms with Gasteiger partial charge in [-0.15, -0.1) is 0 Å². The number of carbonyl (C=O) groups is 1. The molecule has 0 saturated carbocycles. The summed E-state index contributed by atoms with van der Waals surface area (Å²) >= 11 is 0. The van der Waals surface area contributed by atoms with Crippen LogP contribution in [-0.4, -0.2) is 42.9 Å². The molecule has 0 spiro atoms. The van der Waals surface area contributed by atoms with Crippen LogP contribution in [0.2, 0.25) is 0 Å². The van der Waals surface area contributed by atoms with Crippen molar-refractivity contribution >= 4 is 11.6 Å². The van der Waals surface area contributed by atoms with Crippen LogP contribution in [0, 0.1) is 15.9 Å². The lowest BCUT2D eigenvalue weighted by atomic mass is 10.1. The van der Waals surface area contributed by atoms with Crippen LogP contribution >= 0.6 is 0 Å². The van der Waals surface area contributed by atoms with Crippen molar-refractivity contribution in [3.63, 3.8) is 0 Å². The fourth-order valence-electron chi connectivity index (χ4n) is 1.43. The zero-order chi connectivity index (χ0) is 13.7. The number of carbonyl (C=O) groups excluding carboxylic acids is 1. The molecule has 0 aliphatic rings. The van der Waals surface area contributed by atoms with Gasteiger partial charge in [0.05, 0.1) is 4.92 Å². The van der Waals surface area contributed by atoms with Gasteiger partial charge in [0, 0.05) is 26.2 Å². The monoisotopic (exact) mass is 255 g/mol. The highest BCUT2D eigenvalue weighted by molar-refractivity contribution is 5.98. The second-order valence-electron chi connectivity index (χ2n) is 3.75. The maximum Gasteiger partial charge on any atom is 0.282 e. The molecule has 0 saturated heterocycles. The molecule has 0 heterocycles. The summed E-state index contributed by atoms with van der Waals surface area (Å²) < 4.78 is 13.1. The number of hydrogen-bond donors (Lipinski definition) is 1. The van der Waals surface area contributed by atoms with Gasteiger partial charge in [-0.05, 0) is 19.2 Å². The average Bonchev–Trinajstić information content (AvgIpc) is 2.34. The summed E-state index contributed by atoms with van der Waals surface area (Å²) in [6.07, 6.45) is 0. The second-order valence-corrected chi connectivity index (χ2v) is 3.75. The third kappa shape index (κ3) is 3.24. The van der Waals surface area contributed by atoms with Crippen molar-refractivity contribution in [1.82, 2.24) is 10.2 Å². The van der Waals surface area contributed by atoms with Gasteiger partial charge >= 0.3 is 0 Å². The Balaban J connectivity index is 3.03. The van der Waals surface area contributed by atoms with Crippen LogP contribution < -0.4 is 5.32 Å². The lowest BCUT2D eigenvalue weighted by Gasteiger charge is -2.16. The van der Waals surface area contributed by atoms with Crippen LogP contribution in [0.4, 0.5) is 10.1 Å². The van der Waals surface area contributed by atoms with Gasteiger partial charge in [0.2, 0.25) is 0 Å². The molecule has 0 radical (unpaired) electrons. The zero-order valence-corrected chi connectivity index (χ0v) is 10.1. The molecule has 0 atom stereocenters. The Morgan fingerprint density at radius 1 is 1.56 bits per heavy atom. The van der Waals surface area contributed by atoms with E-state index in [-0.39, 0.29) is 5.56 Å². The number of nitrogens with one attached hydrogen (secondary N) is 1. The molecule has 0 aromatic heterocycles. The van der Waals surface area contributed by atoms with Gasteiger partial charge in [-0.1, -0.05) is 0 Å². The molecule has 1 aromatic carbocycles. The first-order chi connectivity index (χ1) is 8.47. The van der Waals surface area contributed by atoms with Gasteiger partial charge in [-0.3, -0.25) is 14.9 Å². The van der Waals surface area contributed by atoms with Crippen LogP contribution in [0.1, 0.15) is 10.4 Å². The summed E-state index contributed by atoms with van der Waals surface area (Å²) in [7, 11) is 3.23. The van der Waals surface area contributed by atoms with E-state index in [2.05, 4.69) is 5.32 Å². The maximum atomic E-state index is 13.1. The SMILES string of the molecule is CNCCN(C)C(=O)c1cc(F)ccc1[N+](=O)[O-]. The second kappa shape index (κ2) is 6.06. The van der Waals surface area contributed by atoms with Gasteiger partial charge in [0.1, 0.15) is 11.4 Å². The van der Waals surface area contributed by atoms with Crippen LogP contribution in [0.5, 0.6) is 0 Å². The van der Waals surface area contributed by atoms with E-state index in [0.717, 1.165) is 18.2 Å². The van der Waals surface area contributed by atoms with Gasteiger partial charge in [-0.25, -0.2) is 4.39 Å². The molecular formula is C11H14FN3O3. The summed E-state index contributed by atoms with van der Waals surface area (Å²) in [5.41, 5.74) is -0.628. The molecule has 18 heavy (non-hydrogen) atoms. The van der Waals surface area contributed by atoms with E-state index in [1.54, 1.807) is 7.05 Å². The number of likely N-dealkylation sites (N-methyl/N-ethyl adjacent to an activating group) is 2. The first-order valence-corrected chi connectivity index (χ1v) is 5.31. The molecule has 1 aromatic rings. The number of nitro groups is 1. The number of rotatable bonds is 5. The van der Waals surface area contributed by atoms with Crippen molar-refractivity contribution in [3.05, 3.63) is 39.7 Å². The third-order valence-electron chi connectivity index (χ3n) is 2.43. The largest absolute Gasteiger partial charge is 0.340 e. The Kier molecular flexibility index (Phi) is 4.73. The number of amides is 1. The van der Waals surface area contributed by atoms with Gasteiger partial charge < -0.3 is 10.2 Å². The van der Waals surface area contributed by atoms with Crippen LogP contribution in [0.25, 0.3) is 0 Å². The van der Waals surface area contributed by atoms with E-state index in [1.807, 2.05) is 0 Å². The van der Waals surface area contributed by atoms with Crippen molar-refractivity contribution in [1.29, 1.82) is 0 Å². The number of hydrogen-bond acceptors (Lipinski definition) is 4. The molecule has 0 unspecified atom stereocenters. The normalized spacial score (nSPS) is 10.2. The molecular weight excluding hydrogens is 241 g/mol. The molecule has 0 aliphatic heterocycles. The van der Waals surface area contributed by atoms with Gasteiger partial charge in [-0.2, -0.15) is 0 Å². The quantitative estimate of drug-likeness (QED) is 0.629. The minimum atomic E-state index is -0.696. The maximum absolute atomic E-state index is 13.1. The fraction of sp³-hybridized carbons (Fsp3) is 0.364. The highest BCUT2D eigenvalue weighted by Gasteiger charge is 2.23. The van der Waals surface area contributed by atoms with Crippen LogP contribution in [-0.2, 0) is 0 Å². The molecule has 1 rings (SSSR count). The highest BCUT2D eigenvalue weighted by Crippen LogP contribution is 2.20. The van der Waals surface area contributed by atoms with Crippen molar-refractivity contribution in [3.8, 4) is 0 Å². The van der Waals surface area contributed by atoms with Crippen LogP contribution in [0.3, 0.4) is 0 Å². The molecule has 98 valence electrons. The number of benzene rings is 1. The minimum absolute atomic E-state index is 0.237. The number of nitro benzene ring substituents is 1. The Bertz CT molecular complexity index is 465. The Hall–Kier alpha value is -2.02.